The molecule has 0 spiro atoms. The van der Waals surface area contributed by atoms with Crippen molar-refractivity contribution in [1.29, 1.82) is 0 Å². The highest BCUT2D eigenvalue weighted by molar-refractivity contribution is 5.43. The first-order valence-corrected chi connectivity index (χ1v) is 7.76. The lowest BCUT2D eigenvalue weighted by Crippen LogP contribution is -2.36. The molecule has 0 aromatic heterocycles. The summed E-state index contributed by atoms with van der Waals surface area (Å²) in [5.74, 6) is 2.16. The third kappa shape index (κ3) is 4.35. The molecule has 118 valence electrons. The van der Waals surface area contributed by atoms with Gasteiger partial charge in [-0.25, -0.2) is 0 Å². The summed E-state index contributed by atoms with van der Waals surface area (Å²) in [6, 6.07) is 6.69. The van der Waals surface area contributed by atoms with Crippen molar-refractivity contribution < 1.29 is 9.47 Å². The van der Waals surface area contributed by atoms with Crippen LogP contribution in [0.5, 0.6) is 11.5 Å². The number of nitrogens with zero attached hydrogens (tertiary/aromatic N) is 1. The van der Waals surface area contributed by atoms with Gasteiger partial charge in [-0.2, -0.15) is 0 Å². The molecule has 0 amide bonds. The Bertz CT molecular complexity index is 458. The van der Waals surface area contributed by atoms with E-state index in [0.717, 1.165) is 36.2 Å². The quantitative estimate of drug-likeness (QED) is 0.800. The van der Waals surface area contributed by atoms with Gasteiger partial charge in [-0.05, 0) is 36.5 Å². The Morgan fingerprint density at radius 2 is 1.81 bits per heavy atom. The number of benzene rings is 1. The molecule has 1 aromatic rings. The van der Waals surface area contributed by atoms with Crippen LogP contribution in [0.2, 0.25) is 0 Å². The van der Waals surface area contributed by atoms with Crippen LogP contribution in [0.25, 0.3) is 0 Å². The van der Waals surface area contributed by atoms with Gasteiger partial charge in [-0.1, -0.05) is 19.9 Å². The maximum Gasteiger partial charge on any atom is 0.161 e. The molecule has 1 aliphatic rings. The Labute approximate surface area is 128 Å². The van der Waals surface area contributed by atoms with Gasteiger partial charge in [-0.15, -0.1) is 0 Å². The largest absolute Gasteiger partial charge is 0.493 e. The topological polar surface area (TPSA) is 47.7 Å². The number of methoxy groups -OCH3 is 2. The summed E-state index contributed by atoms with van der Waals surface area (Å²) in [5, 5.41) is 0. The maximum absolute atomic E-state index is 6.41. The first kappa shape index (κ1) is 16.1. The van der Waals surface area contributed by atoms with E-state index in [1.54, 1.807) is 14.2 Å². The Morgan fingerprint density at radius 3 is 2.33 bits per heavy atom. The molecule has 0 bridgehead atoms. The van der Waals surface area contributed by atoms with Crippen molar-refractivity contribution in [2.24, 2.45) is 11.7 Å². The number of nitrogens with two attached hydrogens (primary N) is 1. The molecular formula is C17H28N2O2. The van der Waals surface area contributed by atoms with Crippen molar-refractivity contribution in [3.63, 3.8) is 0 Å². The fourth-order valence-electron chi connectivity index (χ4n) is 2.72. The molecule has 1 fully saturated rings. The molecule has 1 aromatic carbocycles. The van der Waals surface area contributed by atoms with E-state index in [1.807, 2.05) is 18.2 Å². The van der Waals surface area contributed by atoms with E-state index in [2.05, 4.69) is 18.7 Å². The highest BCUT2D eigenvalue weighted by Gasteiger charge is 2.30. The normalized spacial score (nSPS) is 16.3. The molecule has 21 heavy (non-hydrogen) atoms. The molecule has 4 nitrogen and oxygen atoms in total. The minimum absolute atomic E-state index is 0.00385. The zero-order chi connectivity index (χ0) is 15.4. The average molecular weight is 292 g/mol. The first-order chi connectivity index (χ1) is 10.0. The average Bonchev–Trinajstić information content (AvgIpc) is 3.29. The van der Waals surface area contributed by atoms with E-state index in [0.29, 0.717) is 5.92 Å². The van der Waals surface area contributed by atoms with Crippen LogP contribution in [0.3, 0.4) is 0 Å². The SMILES string of the molecule is COc1ccc(C(N)CN(CC(C)C)C2CC2)cc1OC. The Hall–Kier alpha value is -1.26. The van der Waals surface area contributed by atoms with E-state index in [-0.39, 0.29) is 6.04 Å². The van der Waals surface area contributed by atoms with Crippen LogP contribution in [0.15, 0.2) is 18.2 Å². The number of hydrogen-bond acceptors (Lipinski definition) is 4. The lowest BCUT2D eigenvalue weighted by Gasteiger charge is -2.27. The summed E-state index contributed by atoms with van der Waals surface area (Å²) in [5.41, 5.74) is 7.51. The third-order valence-corrected chi connectivity index (χ3v) is 3.93. The van der Waals surface area contributed by atoms with Crippen LogP contribution in [0.1, 0.15) is 38.3 Å². The van der Waals surface area contributed by atoms with Crippen LogP contribution < -0.4 is 15.2 Å². The molecule has 0 saturated heterocycles. The molecule has 0 aliphatic heterocycles. The zero-order valence-electron chi connectivity index (χ0n) is 13.6. The van der Waals surface area contributed by atoms with Crippen molar-refractivity contribution in [2.75, 3.05) is 27.3 Å². The van der Waals surface area contributed by atoms with E-state index in [9.17, 15) is 0 Å². The van der Waals surface area contributed by atoms with E-state index >= 15 is 0 Å². The summed E-state index contributed by atoms with van der Waals surface area (Å²) >= 11 is 0. The summed E-state index contributed by atoms with van der Waals surface area (Å²) in [7, 11) is 3.30. The van der Waals surface area contributed by atoms with Gasteiger partial charge in [-0.3, -0.25) is 4.90 Å². The summed E-state index contributed by atoms with van der Waals surface area (Å²) in [6.45, 7) is 6.54. The standard InChI is InChI=1S/C17H28N2O2/c1-12(2)10-19(14-6-7-14)11-15(18)13-5-8-16(20-3)17(9-13)21-4/h5,8-9,12,14-15H,6-7,10-11,18H2,1-4H3. The number of hydrogen-bond donors (Lipinski definition) is 1. The van der Waals surface area contributed by atoms with Gasteiger partial charge in [0.25, 0.3) is 0 Å². The van der Waals surface area contributed by atoms with Gasteiger partial charge in [0.2, 0.25) is 0 Å². The predicted molar refractivity (Wildman–Crippen MR) is 85.9 cm³/mol. The second-order valence-corrected chi connectivity index (χ2v) is 6.30. The molecule has 0 heterocycles. The van der Waals surface area contributed by atoms with Crippen LogP contribution >= 0.6 is 0 Å². The van der Waals surface area contributed by atoms with Gasteiger partial charge in [0, 0.05) is 25.2 Å². The van der Waals surface area contributed by atoms with Crippen molar-refractivity contribution in [3.05, 3.63) is 23.8 Å². The number of ether oxygens (including phenoxy) is 2. The maximum atomic E-state index is 6.41. The minimum Gasteiger partial charge on any atom is -0.493 e. The lowest BCUT2D eigenvalue weighted by atomic mass is 10.1. The van der Waals surface area contributed by atoms with Crippen LogP contribution in [0, 0.1) is 5.92 Å². The first-order valence-electron chi connectivity index (χ1n) is 7.76. The Balaban J connectivity index is 2.06. The van der Waals surface area contributed by atoms with Crippen LogP contribution in [0.4, 0.5) is 0 Å². The third-order valence-electron chi connectivity index (χ3n) is 3.93. The van der Waals surface area contributed by atoms with Crippen molar-refractivity contribution in [1.82, 2.24) is 4.90 Å². The second-order valence-electron chi connectivity index (χ2n) is 6.30. The van der Waals surface area contributed by atoms with Crippen LogP contribution in [-0.4, -0.2) is 38.3 Å². The summed E-state index contributed by atoms with van der Waals surface area (Å²) in [6.07, 6.45) is 2.62. The summed E-state index contributed by atoms with van der Waals surface area (Å²) < 4.78 is 10.6. The van der Waals surface area contributed by atoms with Crippen molar-refractivity contribution >= 4 is 0 Å². The van der Waals surface area contributed by atoms with E-state index < -0.39 is 0 Å². The predicted octanol–water partition coefficient (Wildman–Crippen LogP) is 2.82. The molecular weight excluding hydrogens is 264 g/mol. The van der Waals surface area contributed by atoms with Gasteiger partial charge >= 0.3 is 0 Å². The summed E-state index contributed by atoms with van der Waals surface area (Å²) in [4.78, 5) is 2.53. The van der Waals surface area contributed by atoms with Crippen molar-refractivity contribution in [3.8, 4) is 11.5 Å². The van der Waals surface area contributed by atoms with Gasteiger partial charge in [0.05, 0.1) is 14.2 Å². The molecule has 1 unspecified atom stereocenters. The highest BCUT2D eigenvalue weighted by Crippen LogP contribution is 2.32. The van der Waals surface area contributed by atoms with E-state index in [1.165, 1.54) is 12.8 Å². The molecule has 2 N–H and O–H groups in total. The van der Waals surface area contributed by atoms with Gasteiger partial charge in [0.1, 0.15) is 0 Å². The molecule has 1 atom stereocenters. The van der Waals surface area contributed by atoms with E-state index in [4.69, 9.17) is 15.2 Å². The molecule has 4 heteroatoms. The number of rotatable bonds is 8. The van der Waals surface area contributed by atoms with Gasteiger partial charge in [0.15, 0.2) is 11.5 Å². The van der Waals surface area contributed by atoms with Crippen LogP contribution in [-0.2, 0) is 0 Å². The fourth-order valence-corrected chi connectivity index (χ4v) is 2.72. The fraction of sp³-hybridized carbons (Fsp3) is 0.647. The monoisotopic (exact) mass is 292 g/mol. The molecule has 1 saturated carbocycles. The second kappa shape index (κ2) is 7.14. The molecule has 2 rings (SSSR count). The Kier molecular flexibility index (Phi) is 5.48. The lowest BCUT2D eigenvalue weighted by molar-refractivity contribution is 0.221. The van der Waals surface area contributed by atoms with Gasteiger partial charge < -0.3 is 15.2 Å². The molecule has 0 radical (unpaired) electrons. The highest BCUT2D eigenvalue weighted by atomic mass is 16.5. The molecule has 1 aliphatic carbocycles. The minimum atomic E-state index is 0.00385. The van der Waals surface area contributed by atoms with Crippen molar-refractivity contribution in [2.45, 2.75) is 38.8 Å². The Morgan fingerprint density at radius 1 is 1.14 bits per heavy atom. The smallest absolute Gasteiger partial charge is 0.161 e. The zero-order valence-corrected chi connectivity index (χ0v) is 13.6.